The number of hydrogen-bond acceptors (Lipinski definition) is 6. The van der Waals surface area contributed by atoms with Crippen molar-refractivity contribution in [1.82, 2.24) is 14.5 Å². The first-order valence-corrected chi connectivity index (χ1v) is 12.5. The number of rotatable bonds is 5. The van der Waals surface area contributed by atoms with Gasteiger partial charge in [0.15, 0.2) is 11.6 Å². The van der Waals surface area contributed by atoms with Crippen LogP contribution in [-0.4, -0.2) is 53.4 Å². The summed E-state index contributed by atoms with van der Waals surface area (Å²) in [4.78, 5) is 23.6. The fourth-order valence-corrected chi connectivity index (χ4v) is 5.84. The van der Waals surface area contributed by atoms with Gasteiger partial charge in [-0.2, -0.15) is 0 Å². The van der Waals surface area contributed by atoms with E-state index >= 15 is 0 Å². The van der Waals surface area contributed by atoms with Crippen LogP contribution in [-0.2, 0) is 16.0 Å². The van der Waals surface area contributed by atoms with Crippen LogP contribution in [0.5, 0.6) is 0 Å². The molecule has 2 saturated heterocycles. The van der Waals surface area contributed by atoms with Crippen molar-refractivity contribution in [3.63, 3.8) is 0 Å². The number of piperidine rings is 1. The highest BCUT2D eigenvalue weighted by Crippen LogP contribution is 2.65. The van der Waals surface area contributed by atoms with Crippen molar-refractivity contribution in [2.75, 3.05) is 31.7 Å². The summed E-state index contributed by atoms with van der Waals surface area (Å²) >= 11 is 3.36. The van der Waals surface area contributed by atoms with Crippen LogP contribution in [0, 0.1) is 11.2 Å². The summed E-state index contributed by atoms with van der Waals surface area (Å²) in [5.74, 6) is 1.22. The number of nitrogens with zero attached hydrogens (tertiary/aromatic N) is 4. The SMILES string of the molecule is COC(=O)c1ccc2nc(C3CC34CCN(c3nc(Br)ccc3F)CC4)n(C[C@@H]3CCO3)c2c1. The second-order valence-corrected chi connectivity index (χ2v) is 10.4. The van der Waals surface area contributed by atoms with Gasteiger partial charge in [0.05, 0.1) is 36.4 Å². The molecule has 9 heteroatoms. The Morgan fingerprint density at radius 3 is 2.76 bits per heavy atom. The Labute approximate surface area is 205 Å². The lowest BCUT2D eigenvalue weighted by molar-refractivity contribution is -0.0590. The van der Waals surface area contributed by atoms with E-state index in [1.165, 1.54) is 13.2 Å². The molecule has 3 aliphatic rings. The van der Waals surface area contributed by atoms with Crippen LogP contribution < -0.4 is 4.90 Å². The van der Waals surface area contributed by atoms with Crippen molar-refractivity contribution in [3.8, 4) is 0 Å². The molecule has 0 radical (unpaired) electrons. The van der Waals surface area contributed by atoms with E-state index in [-0.39, 0.29) is 23.3 Å². The molecule has 2 aliphatic heterocycles. The number of halogens is 2. The largest absolute Gasteiger partial charge is 0.465 e. The lowest BCUT2D eigenvalue weighted by atomic mass is 9.90. The van der Waals surface area contributed by atoms with Gasteiger partial charge in [-0.25, -0.2) is 19.2 Å². The second kappa shape index (κ2) is 8.30. The van der Waals surface area contributed by atoms with Crippen molar-refractivity contribution in [2.24, 2.45) is 5.41 Å². The third kappa shape index (κ3) is 3.69. The number of benzene rings is 1. The number of imidazole rings is 1. The van der Waals surface area contributed by atoms with Gasteiger partial charge in [-0.05, 0) is 77.4 Å². The molecule has 7 nitrogen and oxygen atoms in total. The molecule has 178 valence electrons. The predicted octanol–water partition coefficient (Wildman–Crippen LogP) is 4.68. The molecule has 4 heterocycles. The zero-order chi connectivity index (χ0) is 23.4. The van der Waals surface area contributed by atoms with Crippen molar-refractivity contribution in [1.29, 1.82) is 0 Å². The number of hydrogen-bond donors (Lipinski definition) is 0. The Morgan fingerprint density at radius 2 is 2.06 bits per heavy atom. The van der Waals surface area contributed by atoms with Crippen LogP contribution in [0.4, 0.5) is 10.2 Å². The average molecular weight is 529 g/mol. The third-order valence-electron chi connectivity index (χ3n) is 7.73. The molecule has 1 aliphatic carbocycles. The van der Waals surface area contributed by atoms with Crippen LogP contribution in [0.15, 0.2) is 34.9 Å². The van der Waals surface area contributed by atoms with Crippen LogP contribution in [0.3, 0.4) is 0 Å². The molecule has 34 heavy (non-hydrogen) atoms. The van der Waals surface area contributed by atoms with Gasteiger partial charge in [-0.1, -0.05) is 0 Å². The molecule has 3 fully saturated rings. The summed E-state index contributed by atoms with van der Waals surface area (Å²) in [6.45, 7) is 3.08. The highest BCUT2D eigenvalue weighted by atomic mass is 79.9. The van der Waals surface area contributed by atoms with E-state index in [4.69, 9.17) is 14.5 Å². The molecule has 6 rings (SSSR count). The fourth-order valence-electron chi connectivity index (χ4n) is 5.54. The Bertz CT molecular complexity index is 1270. The first-order valence-electron chi connectivity index (χ1n) is 11.7. The number of aromatic nitrogens is 3. The number of anilines is 1. The average Bonchev–Trinajstić information content (AvgIpc) is 3.39. The van der Waals surface area contributed by atoms with Crippen molar-refractivity contribution in [3.05, 3.63) is 52.1 Å². The maximum absolute atomic E-state index is 14.4. The molecule has 1 aromatic carbocycles. The van der Waals surface area contributed by atoms with Crippen molar-refractivity contribution >= 4 is 38.8 Å². The summed E-state index contributed by atoms with van der Waals surface area (Å²) < 4.78 is 27.9. The van der Waals surface area contributed by atoms with E-state index in [1.54, 1.807) is 12.1 Å². The molecule has 2 atom stereocenters. The highest BCUT2D eigenvalue weighted by molar-refractivity contribution is 9.10. The molecule has 2 aromatic heterocycles. The topological polar surface area (TPSA) is 69.5 Å². The Kier molecular flexibility index (Phi) is 5.37. The molecule has 0 N–H and O–H groups in total. The molecule has 3 aromatic rings. The molecular weight excluding hydrogens is 503 g/mol. The number of carbonyl (C=O) groups excluding carboxylic acids is 1. The maximum Gasteiger partial charge on any atom is 0.337 e. The Balaban J connectivity index is 1.27. The number of carbonyl (C=O) groups is 1. The Hall–Kier alpha value is -2.52. The lowest BCUT2D eigenvalue weighted by Gasteiger charge is -2.34. The zero-order valence-corrected chi connectivity index (χ0v) is 20.6. The minimum Gasteiger partial charge on any atom is -0.465 e. The quantitative estimate of drug-likeness (QED) is 0.353. The van der Waals surface area contributed by atoms with E-state index in [2.05, 4.69) is 30.4 Å². The zero-order valence-electron chi connectivity index (χ0n) is 19.0. The van der Waals surface area contributed by atoms with Gasteiger partial charge in [-0.15, -0.1) is 0 Å². The molecule has 0 amide bonds. The lowest BCUT2D eigenvalue weighted by Crippen LogP contribution is -2.36. The van der Waals surface area contributed by atoms with Gasteiger partial charge in [0.25, 0.3) is 0 Å². The molecule has 1 spiro atoms. The number of esters is 1. The van der Waals surface area contributed by atoms with Crippen molar-refractivity contribution in [2.45, 2.75) is 44.2 Å². The van der Waals surface area contributed by atoms with Gasteiger partial charge in [0, 0.05) is 25.6 Å². The second-order valence-electron chi connectivity index (χ2n) is 9.60. The number of fused-ring (bicyclic) bond motifs is 1. The van der Waals surface area contributed by atoms with Crippen LogP contribution in [0.2, 0.25) is 0 Å². The van der Waals surface area contributed by atoms with Gasteiger partial charge in [0.2, 0.25) is 0 Å². The van der Waals surface area contributed by atoms with Crippen LogP contribution >= 0.6 is 15.9 Å². The smallest absolute Gasteiger partial charge is 0.337 e. The van der Waals surface area contributed by atoms with E-state index < -0.39 is 0 Å². The highest BCUT2D eigenvalue weighted by Gasteiger charge is 2.57. The summed E-state index contributed by atoms with van der Waals surface area (Å²) in [6.07, 6.45) is 4.24. The van der Waals surface area contributed by atoms with E-state index in [0.29, 0.717) is 21.9 Å². The Morgan fingerprint density at radius 1 is 1.26 bits per heavy atom. The summed E-state index contributed by atoms with van der Waals surface area (Å²) in [5.41, 5.74) is 2.55. The predicted molar refractivity (Wildman–Crippen MR) is 129 cm³/mol. The maximum atomic E-state index is 14.4. The third-order valence-corrected chi connectivity index (χ3v) is 8.17. The van der Waals surface area contributed by atoms with Crippen LogP contribution in [0.25, 0.3) is 11.0 Å². The van der Waals surface area contributed by atoms with Crippen molar-refractivity contribution < 1.29 is 18.7 Å². The van der Waals surface area contributed by atoms with Gasteiger partial charge in [0.1, 0.15) is 10.4 Å². The number of pyridine rings is 1. The standard InChI is InChI=1S/C25H26BrFN4O3/c1-33-24(32)15-2-4-19-20(12-15)31(14-16-6-11-34-16)22(28-19)17-13-25(17)7-9-30(10-8-25)23-18(27)3-5-21(26)29-23/h2-5,12,16-17H,6-11,13-14H2,1H3/t16-,17?/m0/s1. The normalized spacial score (nSPS) is 23.2. The van der Waals surface area contributed by atoms with Crippen LogP contribution in [0.1, 0.15) is 47.8 Å². The first-order chi connectivity index (χ1) is 16.5. The fraction of sp³-hybridized carbons (Fsp3) is 0.480. The molecule has 1 saturated carbocycles. The summed E-state index contributed by atoms with van der Waals surface area (Å²) in [7, 11) is 1.40. The number of ether oxygens (including phenoxy) is 2. The number of methoxy groups -OCH3 is 1. The minimum absolute atomic E-state index is 0.181. The van der Waals surface area contributed by atoms with E-state index in [1.807, 2.05) is 12.1 Å². The van der Waals surface area contributed by atoms with Gasteiger partial charge < -0.3 is 18.9 Å². The van der Waals surface area contributed by atoms with Gasteiger partial charge in [-0.3, -0.25) is 0 Å². The minimum atomic E-state index is -0.347. The van der Waals surface area contributed by atoms with E-state index in [0.717, 1.165) is 68.8 Å². The monoisotopic (exact) mass is 528 g/mol. The molecule has 1 unspecified atom stereocenters. The molecule has 0 bridgehead atoms. The van der Waals surface area contributed by atoms with E-state index in [9.17, 15) is 9.18 Å². The first kappa shape index (κ1) is 22.0. The summed E-state index contributed by atoms with van der Waals surface area (Å²) in [6, 6.07) is 8.65. The molecular formula is C25H26BrFN4O3. The summed E-state index contributed by atoms with van der Waals surface area (Å²) in [5, 5.41) is 0. The van der Waals surface area contributed by atoms with Gasteiger partial charge >= 0.3 is 5.97 Å².